The van der Waals surface area contributed by atoms with Crippen molar-refractivity contribution in [2.45, 2.75) is 19.2 Å². The molecule has 5 heteroatoms. The van der Waals surface area contributed by atoms with Crippen molar-refractivity contribution in [2.24, 2.45) is 0 Å². The zero-order valence-electron chi connectivity index (χ0n) is 12.7. The Kier molecular flexibility index (Phi) is 4.37. The van der Waals surface area contributed by atoms with Gasteiger partial charge in [0.2, 0.25) is 0 Å². The first-order chi connectivity index (χ1) is 11.1. The lowest BCUT2D eigenvalue weighted by Crippen LogP contribution is -2.39. The largest absolute Gasteiger partial charge is 0.385 e. The summed E-state index contributed by atoms with van der Waals surface area (Å²) in [6, 6.07) is 15.1. The summed E-state index contributed by atoms with van der Waals surface area (Å²) in [5.74, 6) is 0.596. The number of nitrogen functional groups attached to an aromatic ring is 1. The second-order valence-electron chi connectivity index (χ2n) is 5.42. The molecule has 0 spiro atoms. The van der Waals surface area contributed by atoms with Gasteiger partial charge in [0, 0.05) is 5.02 Å². The van der Waals surface area contributed by atoms with Crippen molar-refractivity contribution >= 4 is 28.6 Å². The van der Waals surface area contributed by atoms with Crippen molar-refractivity contribution in [3.05, 3.63) is 71.8 Å². The zero-order chi connectivity index (χ0) is 16.4. The Hall–Kier alpha value is -2.30. The number of rotatable bonds is 5. The Balaban J connectivity index is 2.01. The van der Waals surface area contributed by atoms with Crippen LogP contribution in [0.3, 0.4) is 0 Å². The number of anilines is 1. The predicted molar refractivity (Wildman–Crippen MR) is 93.2 cm³/mol. The van der Waals surface area contributed by atoms with Crippen LogP contribution in [0.25, 0.3) is 11.0 Å². The molecule has 0 aliphatic rings. The zero-order valence-corrected chi connectivity index (χ0v) is 13.4. The predicted octanol–water partition coefficient (Wildman–Crippen LogP) is 3.08. The quantitative estimate of drug-likeness (QED) is 0.558. The van der Waals surface area contributed by atoms with E-state index in [0.717, 1.165) is 16.6 Å². The molecule has 0 saturated heterocycles. The van der Waals surface area contributed by atoms with Crippen molar-refractivity contribution < 1.29 is 9.67 Å². The molecule has 3 N–H and O–H groups in total. The van der Waals surface area contributed by atoms with E-state index in [2.05, 4.69) is 6.58 Å². The molecule has 4 nitrogen and oxygen atoms in total. The van der Waals surface area contributed by atoms with Gasteiger partial charge in [-0.05, 0) is 29.8 Å². The van der Waals surface area contributed by atoms with Crippen LogP contribution in [0.1, 0.15) is 11.7 Å². The number of allylic oxidation sites excluding steroid dienone is 1. The van der Waals surface area contributed by atoms with Gasteiger partial charge in [-0.3, -0.25) is 5.73 Å². The van der Waals surface area contributed by atoms with Gasteiger partial charge >= 0.3 is 5.95 Å². The second-order valence-corrected chi connectivity index (χ2v) is 5.86. The minimum absolute atomic E-state index is 0.373. The highest BCUT2D eigenvalue weighted by Crippen LogP contribution is 2.20. The summed E-state index contributed by atoms with van der Waals surface area (Å²) in [5.41, 5.74) is 9.11. The first-order valence-electron chi connectivity index (χ1n) is 7.42. The number of nitrogens with zero attached hydrogens (tertiary/aromatic N) is 2. The minimum Gasteiger partial charge on any atom is -0.385 e. The van der Waals surface area contributed by atoms with E-state index in [1.54, 1.807) is 12.1 Å². The number of aliphatic hydroxyl groups is 1. The molecule has 0 unspecified atom stereocenters. The third-order valence-electron chi connectivity index (χ3n) is 3.94. The molecule has 0 saturated carbocycles. The molecule has 3 aromatic rings. The highest BCUT2D eigenvalue weighted by molar-refractivity contribution is 6.30. The van der Waals surface area contributed by atoms with Crippen LogP contribution in [-0.2, 0) is 13.1 Å². The fraction of sp³-hybridized carbons (Fsp3) is 0.167. The molecule has 23 heavy (non-hydrogen) atoms. The summed E-state index contributed by atoms with van der Waals surface area (Å²) < 4.78 is 3.91. The van der Waals surface area contributed by atoms with Gasteiger partial charge in [0.25, 0.3) is 0 Å². The maximum Gasteiger partial charge on any atom is 0.356 e. The van der Waals surface area contributed by atoms with Crippen LogP contribution in [-0.4, -0.2) is 9.67 Å². The van der Waals surface area contributed by atoms with E-state index in [1.807, 2.05) is 51.6 Å². The summed E-state index contributed by atoms with van der Waals surface area (Å²) in [5, 5.41) is 11.2. The fourth-order valence-corrected chi connectivity index (χ4v) is 2.92. The Morgan fingerprint density at radius 1 is 1.22 bits per heavy atom. The average molecular weight is 329 g/mol. The summed E-state index contributed by atoms with van der Waals surface area (Å²) in [6.07, 6.45) is 1.14. The number of aromatic nitrogens is 2. The van der Waals surface area contributed by atoms with Crippen LogP contribution < -0.4 is 10.3 Å². The number of para-hydroxylation sites is 2. The van der Waals surface area contributed by atoms with Gasteiger partial charge in [0.05, 0.1) is 6.54 Å². The topological polar surface area (TPSA) is 55.1 Å². The molecular weight excluding hydrogens is 310 g/mol. The third-order valence-corrected chi connectivity index (χ3v) is 4.19. The number of nitrogens with two attached hydrogens (primary N) is 1. The average Bonchev–Trinajstić information content (AvgIpc) is 2.82. The normalized spacial score (nSPS) is 12.4. The maximum atomic E-state index is 10.5. The van der Waals surface area contributed by atoms with Crippen molar-refractivity contribution in [2.75, 3.05) is 5.73 Å². The first-order valence-corrected chi connectivity index (χ1v) is 7.80. The van der Waals surface area contributed by atoms with Crippen LogP contribution in [0, 0.1) is 0 Å². The van der Waals surface area contributed by atoms with Crippen LogP contribution in [0.2, 0.25) is 5.02 Å². The second kappa shape index (κ2) is 6.44. The van der Waals surface area contributed by atoms with Crippen LogP contribution in [0.15, 0.2) is 61.2 Å². The smallest absolute Gasteiger partial charge is 0.356 e. The molecule has 0 radical (unpaired) electrons. The molecule has 3 rings (SSSR count). The minimum atomic E-state index is -0.664. The lowest BCUT2D eigenvalue weighted by Gasteiger charge is -2.10. The number of fused-ring (bicyclic) bond motifs is 1. The highest BCUT2D eigenvalue weighted by atomic mass is 35.5. The van der Waals surface area contributed by atoms with Gasteiger partial charge in [-0.25, -0.2) is 9.13 Å². The van der Waals surface area contributed by atoms with Crippen molar-refractivity contribution in [3.63, 3.8) is 0 Å². The van der Waals surface area contributed by atoms with Crippen molar-refractivity contribution in [1.82, 2.24) is 4.57 Å². The third kappa shape index (κ3) is 2.96. The number of halogens is 1. The molecular formula is C18H19ClN3O+. The molecule has 1 aromatic heterocycles. The maximum absolute atomic E-state index is 10.5. The molecule has 118 valence electrons. The molecule has 0 bridgehead atoms. The highest BCUT2D eigenvalue weighted by Gasteiger charge is 2.22. The van der Waals surface area contributed by atoms with Crippen molar-refractivity contribution in [3.8, 4) is 0 Å². The van der Waals surface area contributed by atoms with E-state index in [0.29, 0.717) is 24.1 Å². The summed E-state index contributed by atoms with van der Waals surface area (Å²) >= 11 is 5.90. The molecule has 0 amide bonds. The molecule has 0 aliphatic heterocycles. The summed E-state index contributed by atoms with van der Waals surface area (Å²) in [4.78, 5) is 0. The Labute approximate surface area is 140 Å². The van der Waals surface area contributed by atoms with Gasteiger partial charge in [0.15, 0.2) is 0 Å². The fourth-order valence-electron chi connectivity index (χ4n) is 2.79. The Morgan fingerprint density at radius 2 is 1.91 bits per heavy atom. The van der Waals surface area contributed by atoms with Crippen molar-refractivity contribution in [1.29, 1.82) is 0 Å². The van der Waals surface area contributed by atoms with E-state index in [1.165, 1.54) is 0 Å². The van der Waals surface area contributed by atoms with E-state index >= 15 is 0 Å². The summed E-state index contributed by atoms with van der Waals surface area (Å²) in [6.45, 7) is 4.78. The molecule has 1 atom stereocenters. The lowest BCUT2D eigenvalue weighted by atomic mass is 10.1. The van der Waals surface area contributed by atoms with Crippen LogP contribution >= 0.6 is 11.6 Å². The van der Waals surface area contributed by atoms with Gasteiger partial charge in [-0.1, -0.05) is 48.5 Å². The van der Waals surface area contributed by atoms with Crippen LogP contribution in [0.5, 0.6) is 0 Å². The monoisotopic (exact) mass is 328 g/mol. The van der Waals surface area contributed by atoms with Gasteiger partial charge in [-0.15, -0.1) is 0 Å². The molecule has 2 aromatic carbocycles. The molecule has 0 aliphatic carbocycles. The number of aliphatic hydroxyl groups excluding tert-OH is 1. The van der Waals surface area contributed by atoms with E-state index in [9.17, 15) is 5.11 Å². The molecule has 0 fully saturated rings. The number of benzene rings is 2. The number of hydrogen-bond acceptors (Lipinski definition) is 2. The Morgan fingerprint density at radius 3 is 2.61 bits per heavy atom. The standard InChI is InChI=1S/C18H18ClN3O/c1-2-11-21-15-5-3-4-6-16(15)22(18(21)20)12-17(23)13-7-9-14(19)10-8-13/h2-10,17,20,23H,1,11-12H2/p+1/t17-/m0/s1. The van der Waals surface area contributed by atoms with E-state index < -0.39 is 6.10 Å². The first kappa shape index (κ1) is 15.6. The van der Waals surface area contributed by atoms with Gasteiger partial charge in [-0.2, -0.15) is 0 Å². The van der Waals surface area contributed by atoms with Gasteiger partial charge < -0.3 is 5.11 Å². The SMILES string of the molecule is C=CCn1c(N)[n+](C[C@H](O)c2ccc(Cl)cc2)c2ccccc21. The van der Waals surface area contributed by atoms with E-state index in [-0.39, 0.29) is 0 Å². The lowest BCUT2D eigenvalue weighted by molar-refractivity contribution is -0.666. The van der Waals surface area contributed by atoms with E-state index in [4.69, 9.17) is 17.3 Å². The number of hydrogen-bond donors (Lipinski definition) is 2. The van der Waals surface area contributed by atoms with Gasteiger partial charge in [0.1, 0.15) is 23.7 Å². The Bertz CT molecular complexity index is 839. The number of imidazole rings is 1. The molecule has 1 heterocycles. The summed E-state index contributed by atoms with van der Waals surface area (Å²) in [7, 11) is 0. The van der Waals surface area contributed by atoms with Crippen LogP contribution in [0.4, 0.5) is 5.95 Å².